The highest BCUT2D eigenvalue weighted by molar-refractivity contribution is 7.21. The predicted octanol–water partition coefficient (Wildman–Crippen LogP) is 4.63. The third kappa shape index (κ3) is 4.27. The van der Waals surface area contributed by atoms with Crippen LogP contribution in [0.5, 0.6) is 0 Å². The van der Waals surface area contributed by atoms with Crippen molar-refractivity contribution in [3.05, 3.63) is 56.6 Å². The molecule has 0 aromatic carbocycles. The Morgan fingerprint density at radius 1 is 1.31 bits per heavy atom. The summed E-state index contributed by atoms with van der Waals surface area (Å²) in [4.78, 5) is 29.5. The van der Waals surface area contributed by atoms with E-state index in [4.69, 9.17) is 17.3 Å². The normalized spacial score (nSPS) is 13.7. The molecule has 9 nitrogen and oxygen atoms in total. The Kier molecular flexibility index (Phi) is 5.80. The van der Waals surface area contributed by atoms with Crippen LogP contribution in [0.15, 0.2) is 18.3 Å². The van der Waals surface area contributed by atoms with Gasteiger partial charge in [-0.15, -0.1) is 11.3 Å². The van der Waals surface area contributed by atoms with Crippen molar-refractivity contribution < 1.29 is 18.4 Å². The monoisotopic (exact) mass is 519 g/mol. The Morgan fingerprint density at radius 2 is 2.06 bits per heavy atom. The van der Waals surface area contributed by atoms with Gasteiger partial charge in [-0.1, -0.05) is 11.6 Å². The van der Waals surface area contributed by atoms with Crippen molar-refractivity contribution in [2.75, 3.05) is 5.32 Å². The van der Waals surface area contributed by atoms with Gasteiger partial charge in [0, 0.05) is 11.6 Å². The Hall–Kier alpha value is -3.38. The number of nitrogens with two attached hydrogens (primary N) is 1. The number of nitrogens with one attached hydrogen (secondary N) is 1. The number of hydrogen-bond donors (Lipinski definition) is 2. The summed E-state index contributed by atoms with van der Waals surface area (Å²) >= 11 is 7.08. The van der Waals surface area contributed by atoms with Gasteiger partial charge < -0.3 is 11.1 Å². The predicted molar refractivity (Wildman–Crippen MR) is 127 cm³/mol. The van der Waals surface area contributed by atoms with E-state index in [-0.39, 0.29) is 39.4 Å². The van der Waals surface area contributed by atoms with E-state index in [0.29, 0.717) is 21.7 Å². The van der Waals surface area contributed by atoms with Crippen LogP contribution in [0.4, 0.5) is 14.5 Å². The number of carbonyl (C=O) groups is 2. The quantitative estimate of drug-likeness (QED) is 0.369. The first-order valence-electron chi connectivity index (χ1n) is 10.7. The maximum atomic E-state index is 13.4. The Labute approximate surface area is 206 Å². The maximum Gasteiger partial charge on any atom is 0.280 e. The molecule has 1 saturated carbocycles. The number of amides is 2. The molecular formula is C22H20ClF2N7O2S. The number of pyridine rings is 1. The maximum absolute atomic E-state index is 13.4. The van der Waals surface area contributed by atoms with Crippen molar-refractivity contribution in [1.29, 1.82) is 0 Å². The third-order valence-electron chi connectivity index (χ3n) is 5.86. The minimum absolute atomic E-state index is 0.0471. The lowest BCUT2D eigenvalue weighted by atomic mass is 10.0. The summed E-state index contributed by atoms with van der Waals surface area (Å²) in [7, 11) is 0. The van der Waals surface area contributed by atoms with E-state index < -0.39 is 18.2 Å². The van der Waals surface area contributed by atoms with E-state index in [9.17, 15) is 18.4 Å². The van der Waals surface area contributed by atoms with Crippen LogP contribution >= 0.6 is 22.9 Å². The number of alkyl halides is 2. The number of halogens is 3. The molecule has 1 fully saturated rings. The first-order chi connectivity index (χ1) is 16.6. The second-order valence-corrected chi connectivity index (χ2v) is 9.76. The average Bonchev–Trinajstić information content (AvgIpc) is 3.37. The summed E-state index contributed by atoms with van der Waals surface area (Å²) in [5.41, 5.74) is 7.56. The molecule has 3 N–H and O–H groups in total. The Morgan fingerprint density at radius 3 is 2.66 bits per heavy atom. The van der Waals surface area contributed by atoms with Crippen LogP contribution in [0.25, 0.3) is 10.2 Å². The van der Waals surface area contributed by atoms with E-state index in [1.807, 2.05) is 6.92 Å². The molecule has 0 spiro atoms. The smallest absolute Gasteiger partial charge is 0.280 e. The summed E-state index contributed by atoms with van der Waals surface area (Å²) in [6.07, 6.45) is 0.525. The molecule has 0 atom stereocenters. The van der Waals surface area contributed by atoms with Crippen molar-refractivity contribution in [2.45, 2.75) is 45.7 Å². The molecule has 4 heterocycles. The van der Waals surface area contributed by atoms with Crippen LogP contribution in [-0.2, 0) is 6.67 Å². The number of nitrogens with zero attached hydrogens (tertiary/aromatic N) is 5. The summed E-state index contributed by atoms with van der Waals surface area (Å²) in [5.74, 6) is -1.29. The van der Waals surface area contributed by atoms with Gasteiger partial charge in [0.2, 0.25) is 0 Å². The number of carbonyl (C=O) groups excluding carboxylic acids is 2. The molecule has 0 bridgehead atoms. The zero-order valence-corrected chi connectivity index (χ0v) is 20.3. The first kappa shape index (κ1) is 23.4. The van der Waals surface area contributed by atoms with Crippen LogP contribution in [0.3, 0.4) is 0 Å². The van der Waals surface area contributed by atoms with Crippen molar-refractivity contribution >= 4 is 50.7 Å². The standard InChI is InChI=1S/C22H20ClF2N7O2S/c1-9-16(23)10(2)32(29-9)8-31-6-5-13(30-31)21(34)28-17-15-12(11-3-4-11)7-14(19(24)25)27-22(15)35-18(17)20(26)33/h5-7,11,19H,3-4,8H2,1-2H3,(H2,26,33)(H,28,34). The fraction of sp³-hybridized carbons (Fsp3) is 0.318. The summed E-state index contributed by atoms with van der Waals surface area (Å²) in [5, 5.41) is 12.4. The Balaban J connectivity index is 1.48. The van der Waals surface area contributed by atoms with Crippen molar-refractivity contribution in [3.63, 3.8) is 0 Å². The fourth-order valence-electron chi connectivity index (χ4n) is 3.96. The molecule has 35 heavy (non-hydrogen) atoms. The molecule has 13 heteroatoms. The van der Waals surface area contributed by atoms with Gasteiger partial charge in [-0.2, -0.15) is 10.2 Å². The molecule has 1 aliphatic carbocycles. The van der Waals surface area contributed by atoms with Crippen molar-refractivity contribution in [2.24, 2.45) is 5.73 Å². The van der Waals surface area contributed by atoms with E-state index in [2.05, 4.69) is 20.5 Å². The molecule has 0 radical (unpaired) electrons. The summed E-state index contributed by atoms with van der Waals surface area (Å²) in [6.45, 7) is 3.87. The second-order valence-electron chi connectivity index (χ2n) is 8.38. The largest absolute Gasteiger partial charge is 0.365 e. The summed E-state index contributed by atoms with van der Waals surface area (Å²) < 4.78 is 30.0. The van der Waals surface area contributed by atoms with Gasteiger partial charge in [0.25, 0.3) is 18.2 Å². The minimum Gasteiger partial charge on any atom is -0.365 e. The molecule has 4 aromatic heterocycles. The highest BCUT2D eigenvalue weighted by Gasteiger charge is 2.32. The van der Waals surface area contributed by atoms with Crippen molar-refractivity contribution in [1.82, 2.24) is 24.5 Å². The highest BCUT2D eigenvalue weighted by atomic mass is 35.5. The lowest BCUT2D eigenvalue weighted by Gasteiger charge is -2.09. The van der Waals surface area contributed by atoms with Crippen LogP contribution in [0.2, 0.25) is 5.02 Å². The molecule has 0 unspecified atom stereocenters. The van der Waals surface area contributed by atoms with Gasteiger partial charge in [0.05, 0.1) is 22.1 Å². The van der Waals surface area contributed by atoms with Gasteiger partial charge in [0.1, 0.15) is 22.1 Å². The van der Waals surface area contributed by atoms with Gasteiger partial charge in [-0.05, 0) is 50.3 Å². The van der Waals surface area contributed by atoms with E-state index in [0.717, 1.165) is 29.9 Å². The number of hydrogen-bond acceptors (Lipinski definition) is 6. The zero-order valence-electron chi connectivity index (χ0n) is 18.7. The molecule has 2 amide bonds. The molecule has 0 saturated heterocycles. The van der Waals surface area contributed by atoms with Gasteiger partial charge in [-0.3, -0.25) is 14.3 Å². The molecule has 1 aliphatic rings. The number of rotatable bonds is 7. The van der Waals surface area contributed by atoms with E-state index in [1.165, 1.54) is 16.8 Å². The van der Waals surface area contributed by atoms with E-state index in [1.54, 1.807) is 17.8 Å². The number of aromatic nitrogens is 5. The number of primary amides is 1. The topological polar surface area (TPSA) is 121 Å². The number of fused-ring (bicyclic) bond motifs is 1. The zero-order chi connectivity index (χ0) is 25.0. The second kappa shape index (κ2) is 8.68. The van der Waals surface area contributed by atoms with Crippen LogP contribution in [-0.4, -0.2) is 36.4 Å². The number of thiophene rings is 1. The van der Waals surface area contributed by atoms with Crippen LogP contribution < -0.4 is 11.1 Å². The minimum atomic E-state index is -2.75. The molecular weight excluding hydrogens is 500 g/mol. The van der Waals surface area contributed by atoms with Gasteiger partial charge in [-0.25, -0.2) is 18.4 Å². The van der Waals surface area contributed by atoms with Gasteiger partial charge in [0.15, 0.2) is 5.69 Å². The molecule has 182 valence electrons. The highest BCUT2D eigenvalue weighted by Crippen LogP contribution is 2.48. The Bertz CT molecular complexity index is 1490. The average molecular weight is 520 g/mol. The van der Waals surface area contributed by atoms with Gasteiger partial charge >= 0.3 is 0 Å². The lowest BCUT2D eigenvalue weighted by molar-refractivity contribution is 0.100. The van der Waals surface area contributed by atoms with Crippen LogP contribution in [0.1, 0.15) is 68.0 Å². The van der Waals surface area contributed by atoms with Crippen LogP contribution in [0, 0.1) is 13.8 Å². The SMILES string of the molecule is Cc1nn(Cn2ccc(C(=O)Nc3c(C(N)=O)sc4nc(C(F)F)cc(C5CC5)c34)n2)c(C)c1Cl. The molecule has 0 aliphatic heterocycles. The van der Waals surface area contributed by atoms with E-state index >= 15 is 0 Å². The number of anilines is 1. The summed E-state index contributed by atoms with van der Waals surface area (Å²) in [6, 6.07) is 2.88. The fourth-order valence-corrected chi connectivity index (χ4v) is 5.11. The van der Waals surface area contributed by atoms with Crippen molar-refractivity contribution in [3.8, 4) is 0 Å². The third-order valence-corrected chi connectivity index (χ3v) is 7.51. The molecule has 4 aromatic rings. The molecule has 5 rings (SSSR count). The number of aryl methyl sites for hydroxylation is 1. The lowest BCUT2D eigenvalue weighted by Crippen LogP contribution is -2.18. The first-order valence-corrected chi connectivity index (χ1v) is 11.9.